The zero-order valence-corrected chi connectivity index (χ0v) is 19.8. The van der Waals surface area contributed by atoms with Crippen molar-refractivity contribution in [2.45, 2.75) is 57.8 Å². The summed E-state index contributed by atoms with van der Waals surface area (Å²) < 4.78 is 0. The number of hydrogen-bond acceptors (Lipinski definition) is 4. The molecule has 1 amide bonds. The Morgan fingerprint density at radius 2 is 1.88 bits per heavy atom. The van der Waals surface area contributed by atoms with Crippen molar-refractivity contribution in [2.75, 3.05) is 6.61 Å². The summed E-state index contributed by atoms with van der Waals surface area (Å²) in [4.78, 5) is 13.8. The van der Waals surface area contributed by atoms with Crippen LogP contribution >= 0.6 is 0 Å². The van der Waals surface area contributed by atoms with Crippen LogP contribution in [0.15, 0.2) is 66.3 Å². The molecule has 1 heterocycles. The smallest absolute Gasteiger partial charge is 0.230 e. The predicted octanol–water partition coefficient (Wildman–Crippen LogP) is 3.17. The first-order valence-corrected chi connectivity index (χ1v) is 12.1. The molecule has 0 unspecified atom stereocenters. The van der Waals surface area contributed by atoms with Crippen LogP contribution in [0.5, 0.6) is 0 Å². The number of carbonyl (C=O) groups is 1. The molecule has 1 aliphatic heterocycles. The second kappa shape index (κ2) is 9.21. The van der Waals surface area contributed by atoms with Gasteiger partial charge in [0, 0.05) is 17.9 Å². The topological polar surface area (TPSA) is 89.8 Å². The van der Waals surface area contributed by atoms with Crippen molar-refractivity contribution in [3.05, 3.63) is 71.8 Å². The lowest BCUT2D eigenvalue weighted by Crippen LogP contribution is -2.54. The molecular formula is C28H37NO4. The van der Waals surface area contributed by atoms with Crippen molar-refractivity contribution in [1.82, 2.24) is 5.32 Å². The molecule has 1 spiro atoms. The molecule has 2 aliphatic carbocycles. The van der Waals surface area contributed by atoms with E-state index in [1.54, 1.807) is 19.1 Å². The fraction of sp³-hybridized carbons (Fsp3) is 0.536. The minimum absolute atomic E-state index is 0.0681. The number of rotatable bonds is 3. The first-order chi connectivity index (χ1) is 15.7. The molecule has 4 N–H and O–H groups in total. The Morgan fingerprint density at radius 1 is 1.15 bits per heavy atom. The second-order valence-corrected chi connectivity index (χ2v) is 10.6. The number of hydrogen-bond donors (Lipinski definition) is 4. The molecule has 3 aliphatic rings. The van der Waals surface area contributed by atoms with E-state index in [0.29, 0.717) is 12.8 Å². The number of benzene rings is 1. The fourth-order valence-corrected chi connectivity index (χ4v) is 6.51. The van der Waals surface area contributed by atoms with E-state index in [-0.39, 0.29) is 42.2 Å². The van der Waals surface area contributed by atoms with E-state index in [0.717, 1.165) is 17.6 Å². The third-order valence-electron chi connectivity index (χ3n) is 8.02. The van der Waals surface area contributed by atoms with Crippen LogP contribution in [0.25, 0.3) is 0 Å². The van der Waals surface area contributed by atoms with E-state index in [2.05, 4.69) is 30.4 Å². The average molecular weight is 452 g/mol. The van der Waals surface area contributed by atoms with Gasteiger partial charge in [-0.2, -0.15) is 0 Å². The van der Waals surface area contributed by atoms with Crippen LogP contribution in [0.2, 0.25) is 0 Å². The van der Waals surface area contributed by atoms with Crippen molar-refractivity contribution < 1.29 is 20.1 Å². The molecule has 1 saturated heterocycles. The first-order valence-electron chi connectivity index (χ1n) is 12.1. The number of amides is 1. The van der Waals surface area contributed by atoms with Crippen LogP contribution in [0.1, 0.15) is 39.2 Å². The largest absolute Gasteiger partial charge is 0.392 e. The van der Waals surface area contributed by atoms with Crippen molar-refractivity contribution in [1.29, 1.82) is 0 Å². The summed E-state index contributed by atoms with van der Waals surface area (Å²) in [5.41, 5.74) is -0.136. The van der Waals surface area contributed by atoms with Gasteiger partial charge in [-0.05, 0) is 49.2 Å². The van der Waals surface area contributed by atoms with Crippen molar-refractivity contribution in [3.8, 4) is 0 Å². The Labute approximate surface area is 196 Å². The van der Waals surface area contributed by atoms with Crippen LogP contribution in [0.4, 0.5) is 0 Å². The lowest BCUT2D eigenvalue weighted by atomic mass is 9.54. The SMILES string of the molecule is C[C@H]1C/C=C/[C@H]2C=C(CO)[C@@H](C)[C@H]3[C@H](Cc4ccccc4)NC(=O)[C@]32[C@H](O)C=C[C@](C)(O)C1. The molecule has 1 fully saturated rings. The van der Waals surface area contributed by atoms with Crippen LogP contribution in [-0.2, 0) is 11.2 Å². The third kappa shape index (κ3) is 4.34. The highest BCUT2D eigenvalue weighted by atomic mass is 16.3. The maximum Gasteiger partial charge on any atom is 0.230 e. The third-order valence-corrected chi connectivity index (χ3v) is 8.02. The highest BCUT2D eigenvalue weighted by molar-refractivity contribution is 5.88. The van der Waals surface area contributed by atoms with Gasteiger partial charge in [-0.1, -0.05) is 74.6 Å². The van der Waals surface area contributed by atoms with Crippen LogP contribution < -0.4 is 5.32 Å². The van der Waals surface area contributed by atoms with Gasteiger partial charge in [-0.3, -0.25) is 4.79 Å². The van der Waals surface area contributed by atoms with Crippen LogP contribution in [0.3, 0.4) is 0 Å². The summed E-state index contributed by atoms with van der Waals surface area (Å²) in [5.74, 6) is -0.562. The number of allylic oxidation sites excluding steroid dienone is 3. The summed E-state index contributed by atoms with van der Waals surface area (Å²) in [6.07, 6.45) is 10.3. The fourth-order valence-electron chi connectivity index (χ4n) is 6.51. The molecule has 0 saturated carbocycles. The molecule has 178 valence electrons. The normalized spacial score (nSPS) is 41.9. The van der Waals surface area contributed by atoms with Gasteiger partial charge in [0.05, 0.1) is 23.7 Å². The Bertz CT molecular complexity index is 950. The quantitative estimate of drug-likeness (QED) is 0.532. The van der Waals surface area contributed by atoms with Gasteiger partial charge < -0.3 is 20.6 Å². The average Bonchev–Trinajstić information content (AvgIpc) is 3.06. The molecule has 33 heavy (non-hydrogen) atoms. The maximum absolute atomic E-state index is 13.8. The van der Waals surface area contributed by atoms with Gasteiger partial charge >= 0.3 is 0 Å². The Morgan fingerprint density at radius 3 is 2.58 bits per heavy atom. The van der Waals surface area contributed by atoms with Crippen molar-refractivity contribution >= 4 is 5.91 Å². The summed E-state index contributed by atoms with van der Waals surface area (Å²) in [7, 11) is 0. The van der Waals surface area contributed by atoms with E-state index >= 15 is 0 Å². The van der Waals surface area contributed by atoms with Gasteiger partial charge in [0.1, 0.15) is 0 Å². The van der Waals surface area contributed by atoms with Crippen LogP contribution in [-0.4, -0.2) is 45.6 Å². The molecule has 0 aromatic heterocycles. The predicted molar refractivity (Wildman–Crippen MR) is 129 cm³/mol. The lowest BCUT2D eigenvalue weighted by Gasteiger charge is -2.47. The molecule has 1 aromatic carbocycles. The zero-order valence-electron chi connectivity index (χ0n) is 19.8. The van der Waals surface area contributed by atoms with Gasteiger partial charge in [-0.15, -0.1) is 0 Å². The summed E-state index contributed by atoms with van der Waals surface area (Å²) >= 11 is 0. The minimum Gasteiger partial charge on any atom is -0.392 e. The summed E-state index contributed by atoms with van der Waals surface area (Å²) in [5, 5.41) is 35.9. The monoisotopic (exact) mass is 451 g/mol. The molecule has 1 aromatic rings. The number of aliphatic hydroxyl groups is 3. The lowest BCUT2D eigenvalue weighted by molar-refractivity contribution is -0.138. The number of aliphatic hydroxyl groups excluding tert-OH is 2. The summed E-state index contributed by atoms with van der Waals surface area (Å²) in [6, 6.07) is 9.89. The van der Waals surface area contributed by atoms with Gasteiger partial charge in [-0.25, -0.2) is 0 Å². The highest BCUT2D eigenvalue weighted by Gasteiger charge is 2.64. The molecule has 0 radical (unpaired) electrons. The van der Waals surface area contributed by atoms with Gasteiger partial charge in [0.2, 0.25) is 5.91 Å². The summed E-state index contributed by atoms with van der Waals surface area (Å²) in [6.45, 7) is 5.82. The van der Waals surface area contributed by atoms with E-state index in [9.17, 15) is 20.1 Å². The zero-order chi connectivity index (χ0) is 23.8. The van der Waals surface area contributed by atoms with Gasteiger partial charge in [0.25, 0.3) is 0 Å². The first kappa shape index (κ1) is 23.9. The highest BCUT2D eigenvalue weighted by Crippen LogP contribution is 2.56. The number of carbonyl (C=O) groups excluding carboxylic acids is 1. The molecular weight excluding hydrogens is 414 g/mol. The maximum atomic E-state index is 13.8. The van der Waals surface area contributed by atoms with Crippen LogP contribution in [0, 0.1) is 29.1 Å². The van der Waals surface area contributed by atoms with E-state index in [1.165, 1.54) is 0 Å². The standard InChI is InChI=1S/C28H37NO4/c1-18-8-7-11-22-15-21(17-30)19(2)25-23(14-20-9-5-4-6-10-20)29-26(32)28(22,25)24(31)12-13-27(3,33)16-18/h4-7,9-13,15,18-19,22-25,30-31,33H,8,14,16-17H2,1-3H3,(H,29,32)/b11-7+,13-12?/t18-,19+,22-,23-,24+,25-,27-,28+/m0/s1. The van der Waals surface area contributed by atoms with E-state index in [1.807, 2.05) is 37.3 Å². The van der Waals surface area contributed by atoms with Crippen molar-refractivity contribution in [2.24, 2.45) is 29.1 Å². The van der Waals surface area contributed by atoms with E-state index < -0.39 is 17.1 Å². The Kier molecular flexibility index (Phi) is 6.68. The van der Waals surface area contributed by atoms with Gasteiger partial charge in [0.15, 0.2) is 0 Å². The minimum atomic E-state index is -1.10. The molecule has 4 rings (SSSR count). The number of nitrogens with one attached hydrogen (secondary N) is 1. The second-order valence-electron chi connectivity index (χ2n) is 10.6. The molecule has 5 nitrogen and oxygen atoms in total. The molecule has 8 atom stereocenters. The molecule has 0 bridgehead atoms. The Balaban J connectivity index is 1.85. The van der Waals surface area contributed by atoms with Crippen molar-refractivity contribution in [3.63, 3.8) is 0 Å². The molecule has 5 heteroatoms. The van der Waals surface area contributed by atoms with E-state index in [4.69, 9.17) is 0 Å². The Hall–Kier alpha value is -2.21.